The number of anilines is 1. The van der Waals surface area contributed by atoms with Crippen molar-refractivity contribution >= 4 is 11.5 Å². The van der Waals surface area contributed by atoms with Gasteiger partial charge in [0.25, 0.3) is 0 Å². The highest BCUT2D eigenvalue weighted by Gasteiger charge is 2.30. The molecule has 1 atom stereocenters. The lowest BCUT2D eigenvalue weighted by molar-refractivity contribution is -0.120. The lowest BCUT2D eigenvalue weighted by Gasteiger charge is -2.10. The van der Waals surface area contributed by atoms with Crippen molar-refractivity contribution in [2.75, 3.05) is 5.73 Å². The van der Waals surface area contributed by atoms with E-state index in [4.69, 9.17) is 5.73 Å². The van der Waals surface area contributed by atoms with Crippen molar-refractivity contribution in [1.82, 2.24) is 0 Å². The molecule has 1 aliphatic rings. The van der Waals surface area contributed by atoms with E-state index < -0.39 is 0 Å². The zero-order valence-corrected chi connectivity index (χ0v) is 9.07. The number of nitrogens with two attached hydrogens (primary N) is 1. The van der Waals surface area contributed by atoms with Crippen molar-refractivity contribution in [2.45, 2.75) is 32.1 Å². The summed E-state index contributed by atoms with van der Waals surface area (Å²) in [5.41, 5.74) is 7.60. The van der Waals surface area contributed by atoms with Gasteiger partial charge in [-0.25, -0.2) is 0 Å². The monoisotopic (exact) mass is 203 g/mol. The van der Waals surface area contributed by atoms with Crippen molar-refractivity contribution in [2.24, 2.45) is 5.92 Å². The molecule has 1 fully saturated rings. The molecule has 0 spiro atoms. The lowest BCUT2D eigenvalue weighted by Crippen LogP contribution is -2.06. The number of rotatable bonds is 4. The summed E-state index contributed by atoms with van der Waals surface area (Å²) < 4.78 is 0. The maximum absolute atomic E-state index is 11.6. The number of ketones is 1. The molecule has 0 heterocycles. The summed E-state index contributed by atoms with van der Waals surface area (Å²) in [5, 5.41) is 0. The van der Waals surface area contributed by atoms with Gasteiger partial charge in [0.1, 0.15) is 5.78 Å². The van der Waals surface area contributed by atoms with Crippen LogP contribution in [0.1, 0.15) is 37.7 Å². The molecular weight excluding hydrogens is 186 g/mol. The first-order valence-electron chi connectivity index (χ1n) is 5.55. The van der Waals surface area contributed by atoms with Gasteiger partial charge in [0.05, 0.1) is 0 Å². The molecule has 0 bridgehead atoms. The molecule has 2 nitrogen and oxygen atoms in total. The van der Waals surface area contributed by atoms with E-state index in [0.29, 0.717) is 24.0 Å². The van der Waals surface area contributed by atoms with Crippen LogP contribution in [0.3, 0.4) is 0 Å². The third-order valence-corrected chi connectivity index (χ3v) is 3.05. The van der Waals surface area contributed by atoms with Gasteiger partial charge in [-0.3, -0.25) is 4.79 Å². The minimum absolute atomic E-state index is 0.318. The fourth-order valence-corrected chi connectivity index (χ4v) is 1.82. The molecule has 2 heteroatoms. The maximum atomic E-state index is 11.6. The highest BCUT2D eigenvalue weighted by molar-refractivity contribution is 5.83. The van der Waals surface area contributed by atoms with Crippen molar-refractivity contribution in [1.29, 1.82) is 0 Å². The number of hydrogen-bond acceptors (Lipinski definition) is 2. The zero-order chi connectivity index (χ0) is 10.8. The van der Waals surface area contributed by atoms with E-state index in [1.54, 1.807) is 0 Å². The molecule has 0 aliphatic heterocycles. The number of nitrogen functional groups attached to an aromatic ring is 1. The van der Waals surface area contributed by atoms with Crippen molar-refractivity contribution in [3.05, 3.63) is 29.8 Å². The number of Topliss-reactive ketones (excluding diaryl/α,β-unsaturated/α-hetero) is 1. The Bertz CT molecular complexity index is 351. The first-order valence-corrected chi connectivity index (χ1v) is 5.55. The van der Waals surface area contributed by atoms with Gasteiger partial charge in [-0.15, -0.1) is 0 Å². The van der Waals surface area contributed by atoms with E-state index >= 15 is 0 Å². The molecule has 15 heavy (non-hydrogen) atoms. The molecule has 2 N–H and O–H groups in total. The van der Waals surface area contributed by atoms with Gasteiger partial charge in [-0.05, 0) is 36.5 Å². The standard InChI is InChI=1S/C13H17NO/c1-9(8-13(15)11-2-3-11)10-4-6-12(14)7-5-10/h4-7,9,11H,2-3,8,14H2,1H3. The quantitative estimate of drug-likeness (QED) is 0.764. The summed E-state index contributed by atoms with van der Waals surface area (Å²) in [5.74, 6) is 1.12. The molecular formula is C13H17NO. The molecule has 1 aromatic carbocycles. The Morgan fingerprint density at radius 1 is 1.40 bits per heavy atom. The largest absolute Gasteiger partial charge is 0.399 e. The van der Waals surface area contributed by atoms with Gasteiger partial charge >= 0.3 is 0 Å². The first-order chi connectivity index (χ1) is 7.16. The Morgan fingerprint density at radius 2 is 2.00 bits per heavy atom. The molecule has 0 aromatic heterocycles. The van der Waals surface area contributed by atoms with Crippen LogP contribution in [0.15, 0.2) is 24.3 Å². The zero-order valence-electron chi connectivity index (χ0n) is 9.07. The SMILES string of the molecule is CC(CC(=O)C1CC1)c1ccc(N)cc1. The number of carbonyl (C=O) groups is 1. The fraction of sp³-hybridized carbons (Fsp3) is 0.462. The van der Waals surface area contributed by atoms with E-state index in [2.05, 4.69) is 6.92 Å². The van der Waals surface area contributed by atoms with Crippen LogP contribution in [0.5, 0.6) is 0 Å². The molecule has 0 saturated heterocycles. The smallest absolute Gasteiger partial charge is 0.136 e. The highest BCUT2D eigenvalue weighted by Crippen LogP contribution is 2.33. The van der Waals surface area contributed by atoms with Gasteiger partial charge in [0, 0.05) is 18.0 Å². The molecule has 1 aromatic rings. The number of hydrogen-bond donors (Lipinski definition) is 1. The van der Waals surface area contributed by atoms with E-state index in [0.717, 1.165) is 18.5 Å². The van der Waals surface area contributed by atoms with Crippen LogP contribution < -0.4 is 5.73 Å². The summed E-state index contributed by atoms with van der Waals surface area (Å²) in [4.78, 5) is 11.6. The normalized spacial score (nSPS) is 17.4. The second-order valence-electron chi connectivity index (χ2n) is 4.51. The molecule has 1 saturated carbocycles. The second-order valence-corrected chi connectivity index (χ2v) is 4.51. The highest BCUT2D eigenvalue weighted by atomic mass is 16.1. The topological polar surface area (TPSA) is 43.1 Å². The Morgan fingerprint density at radius 3 is 2.53 bits per heavy atom. The van der Waals surface area contributed by atoms with Crippen molar-refractivity contribution < 1.29 is 4.79 Å². The minimum atomic E-state index is 0.318. The predicted molar refractivity (Wildman–Crippen MR) is 61.6 cm³/mol. The summed E-state index contributed by atoms with van der Waals surface area (Å²) in [6.45, 7) is 2.10. The third-order valence-electron chi connectivity index (χ3n) is 3.05. The lowest BCUT2D eigenvalue weighted by atomic mass is 9.94. The van der Waals surface area contributed by atoms with E-state index in [1.807, 2.05) is 24.3 Å². The Kier molecular flexibility index (Phi) is 2.76. The Labute approximate surface area is 90.5 Å². The molecule has 0 radical (unpaired) electrons. The average molecular weight is 203 g/mol. The predicted octanol–water partition coefficient (Wildman–Crippen LogP) is 2.74. The first kappa shape index (κ1) is 10.2. The van der Waals surface area contributed by atoms with E-state index in [9.17, 15) is 4.79 Å². The van der Waals surface area contributed by atoms with Crippen LogP contribution in [0.4, 0.5) is 5.69 Å². The summed E-state index contributed by atoms with van der Waals surface area (Å²) in [7, 11) is 0. The number of carbonyl (C=O) groups excluding carboxylic acids is 1. The van der Waals surface area contributed by atoms with Crippen molar-refractivity contribution in [3.63, 3.8) is 0 Å². The second kappa shape index (κ2) is 4.05. The van der Waals surface area contributed by atoms with Crippen molar-refractivity contribution in [3.8, 4) is 0 Å². The van der Waals surface area contributed by atoms with Gasteiger partial charge in [0.2, 0.25) is 0 Å². The van der Waals surface area contributed by atoms with Crippen LogP contribution in [0, 0.1) is 5.92 Å². The molecule has 1 unspecified atom stereocenters. The third kappa shape index (κ3) is 2.58. The molecule has 1 aliphatic carbocycles. The molecule has 80 valence electrons. The van der Waals surface area contributed by atoms with Crippen LogP contribution in [0.25, 0.3) is 0 Å². The molecule has 2 rings (SSSR count). The van der Waals surface area contributed by atoms with Crippen LogP contribution >= 0.6 is 0 Å². The number of benzene rings is 1. The van der Waals surface area contributed by atoms with Gasteiger partial charge in [-0.1, -0.05) is 19.1 Å². The Hall–Kier alpha value is -1.31. The minimum Gasteiger partial charge on any atom is -0.399 e. The summed E-state index contributed by atoms with van der Waals surface area (Å²) in [6, 6.07) is 7.82. The van der Waals surface area contributed by atoms with Gasteiger partial charge < -0.3 is 5.73 Å². The summed E-state index contributed by atoms with van der Waals surface area (Å²) in [6.07, 6.45) is 2.88. The Balaban J connectivity index is 1.97. The maximum Gasteiger partial charge on any atom is 0.136 e. The van der Waals surface area contributed by atoms with E-state index in [1.165, 1.54) is 5.56 Å². The fourth-order valence-electron chi connectivity index (χ4n) is 1.82. The van der Waals surface area contributed by atoms with Gasteiger partial charge in [-0.2, -0.15) is 0 Å². The average Bonchev–Trinajstić information content (AvgIpc) is 3.01. The van der Waals surface area contributed by atoms with Crippen LogP contribution in [0.2, 0.25) is 0 Å². The van der Waals surface area contributed by atoms with Gasteiger partial charge in [0.15, 0.2) is 0 Å². The molecule has 0 amide bonds. The van der Waals surface area contributed by atoms with E-state index in [-0.39, 0.29) is 0 Å². The summed E-state index contributed by atoms with van der Waals surface area (Å²) >= 11 is 0. The van der Waals surface area contributed by atoms with Crippen LogP contribution in [-0.4, -0.2) is 5.78 Å². The van der Waals surface area contributed by atoms with Crippen LogP contribution in [-0.2, 0) is 4.79 Å².